The minimum absolute atomic E-state index is 0.710. The summed E-state index contributed by atoms with van der Waals surface area (Å²) in [6.45, 7) is 8.39. The molecule has 0 saturated carbocycles. The first kappa shape index (κ1) is 10.8. The van der Waals surface area contributed by atoms with E-state index < -0.39 is 0 Å². The normalized spacial score (nSPS) is 20.2. The molecule has 0 atom stereocenters. The summed E-state index contributed by atoms with van der Waals surface area (Å²) in [5.41, 5.74) is 0. The van der Waals surface area contributed by atoms with E-state index in [2.05, 4.69) is 30.9 Å². The highest BCUT2D eigenvalue weighted by Gasteiger charge is 2.07. The molecule has 0 unspecified atom stereocenters. The molecule has 1 aliphatic rings. The van der Waals surface area contributed by atoms with Gasteiger partial charge in [-0.1, -0.05) is 32.4 Å². The minimum Gasteiger partial charge on any atom is -0.303 e. The van der Waals surface area contributed by atoms with Gasteiger partial charge in [-0.2, -0.15) is 0 Å². The van der Waals surface area contributed by atoms with Gasteiger partial charge in [0.05, 0.1) is 0 Å². The molecule has 0 spiro atoms. The molecule has 0 aromatic rings. The summed E-state index contributed by atoms with van der Waals surface area (Å²) in [6, 6.07) is 0. The standard InChI is InChI=1S/C12H23N/c1-12(2)8-4-7-11-13-9-5-3-6-10-13/h4,8,12H,3,5-7,9-11H2,1-2H3. The molecule has 0 aromatic heterocycles. The highest BCUT2D eigenvalue weighted by atomic mass is 15.1. The van der Waals surface area contributed by atoms with Crippen LogP contribution in [-0.2, 0) is 0 Å². The van der Waals surface area contributed by atoms with E-state index in [1.807, 2.05) is 0 Å². The Labute approximate surface area is 82.8 Å². The van der Waals surface area contributed by atoms with Crippen LogP contribution in [0.15, 0.2) is 12.2 Å². The Kier molecular flexibility index (Phi) is 5.14. The molecule has 1 fully saturated rings. The first-order chi connectivity index (χ1) is 6.29. The fraction of sp³-hybridized carbons (Fsp3) is 0.833. The second-order valence-corrected chi connectivity index (χ2v) is 4.36. The van der Waals surface area contributed by atoms with Crippen molar-refractivity contribution in [3.63, 3.8) is 0 Å². The minimum atomic E-state index is 0.710. The first-order valence-electron chi connectivity index (χ1n) is 5.68. The molecule has 76 valence electrons. The van der Waals surface area contributed by atoms with Crippen molar-refractivity contribution in [1.29, 1.82) is 0 Å². The van der Waals surface area contributed by atoms with Crippen LogP contribution in [0.1, 0.15) is 39.5 Å². The highest BCUT2D eigenvalue weighted by molar-refractivity contribution is 4.85. The van der Waals surface area contributed by atoms with Crippen LogP contribution in [0, 0.1) is 5.92 Å². The summed E-state index contributed by atoms with van der Waals surface area (Å²) in [4.78, 5) is 2.59. The Hall–Kier alpha value is -0.300. The monoisotopic (exact) mass is 181 g/mol. The van der Waals surface area contributed by atoms with Gasteiger partial charge in [-0.05, 0) is 38.3 Å². The summed E-state index contributed by atoms with van der Waals surface area (Å²) >= 11 is 0. The van der Waals surface area contributed by atoms with Crippen molar-refractivity contribution in [1.82, 2.24) is 4.90 Å². The van der Waals surface area contributed by atoms with Gasteiger partial charge in [0.2, 0.25) is 0 Å². The molecule has 1 heteroatoms. The Morgan fingerprint density at radius 1 is 1.15 bits per heavy atom. The largest absolute Gasteiger partial charge is 0.303 e. The van der Waals surface area contributed by atoms with Crippen molar-refractivity contribution in [3.8, 4) is 0 Å². The third-order valence-electron chi connectivity index (χ3n) is 2.58. The molecule has 0 N–H and O–H groups in total. The third-order valence-corrected chi connectivity index (χ3v) is 2.58. The quantitative estimate of drug-likeness (QED) is 0.602. The van der Waals surface area contributed by atoms with Crippen molar-refractivity contribution >= 4 is 0 Å². The van der Waals surface area contributed by atoms with Crippen LogP contribution < -0.4 is 0 Å². The predicted molar refractivity (Wildman–Crippen MR) is 58.9 cm³/mol. The summed E-state index contributed by atoms with van der Waals surface area (Å²) in [6.07, 6.45) is 10.1. The van der Waals surface area contributed by atoms with Gasteiger partial charge in [-0.15, -0.1) is 0 Å². The van der Waals surface area contributed by atoms with Crippen molar-refractivity contribution < 1.29 is 0 Å². The number of hydrogen-bond donors (Lipinski definition) is 0. The van der Waals surface area contributed by atoms with Crippen molar-refractivity contribution in [2.45, 2.75) is 39.5 Å². The van der Waals surface area contributed by atoms with Gasteiger partial charge in [0.15, 0.2) is 0 Å². The van der Waals surface area contributed by atoms with Gasteiger partial charge in [0.25, 0.3) is 0 Å². The Morgan fingerprint density at radius 2 is 1.85 bits per heavy atom. The molecular weight excluding hydrogens is 158 g/mol. The molecular formula is C12H23N. The molecule has 1 heterocycles. The van der Waals surface area contributed by atoms with Crippen LogP contribution in [0.3, 0.4) is 0 Å². The molecule has 1 nitrogen and oxygen atoms in total. The zero-order valence-corrected chi connectivity index (χ0v) is 9.13. The number of allylic oxidation sites excluding steroid dienone is 1. The maximum atomic E-state index is 2.59. The fourth-order valence-electron chi connectivity index (χ4n) is 1.81. The van der Waals surface area contributed by atoms with Gasteiger partial charge in [0.1, 0.15) is 0 Å². The van der Waals surface area contributed by atoms with E-state index in [1.165, 1.54) is 45.3 Å². The van der Waals surface area contributed by atoms with Crippen LogP contribution >= 0.6 is 0 Å². The molecule has 0 radical (unpaired) electrons. The molecule has 0 bridgehead atoms. The Balaban J connectivity index is 2.04. The smallest absolute Gasteiger partial charge is 0.00159 e. The molecule has 0 aromatic carbocycles. The molecule has 1 aliphatic heterocycles. The van der Waals surface area contributed by atoms with E-state index in [4.69, 9.17) is 0 Å². The summed E-state index contributed by atoms with van der Waals surface area (Å²) in [5, 5.41) is 0. The summed E-state index contributed by atoms with van der Waals surface area (Å²) in [5.74, 6) is 0.710. The van der Waals surface area contributed by atoms with Crippen molar-refractivity contribution in [3.05, 3.63) is 12.2 Å². The number of likely N-dealkylation sites (tertiary alicyclic amines) is 1. The van der Waals surface area contributed by atoms with Crippen molar-refractivity contribution in [2.24, 2.45) is 5.92 Å². The van der Waals surface area contributed by atoms with Gasteiger partial charge in [-0.25, -0.2) is 0 Å². The Morgan fingerprint density at radius 3 is 2.46 bits per heavy atom. The molecule has 1 saturated heterocycles. The number of hydrogen-bond acceptors (Lipinski definition) is 1. The zero-order chi connectivity index (χ0) is 9.52. The topological polar surface area (TPSA) is 3.24 Å². The molecule has 1 rings (SSSR count). The maximum Gasteiger partial charge on any atom is 0.00159 e. The lowest BCUT2D eigenvalue weighted by Crippen LogP contribution is -2.30. The van der Waals surface area contributed by atoms with Crippen molar-refractivity contribution in [2.75, 3.05) is 19.6 Å². The lowest BCUT2D eigenvalue weighted by molar-refractivity contribution is 0.233. The van der Waals surface area contributed by atoms with E-state index in [-0.39, 0.29) is 0 Å². The number of piperidine rings is 1. The van der Waals surface area contributed by atoms with Crippen LogP contribution in [-0.4, -0.2) is 24.5 Å². The van der Waals surface area contributed by atoms with E-state index >= 15 is 0 Å². The number of nitrogens with zero attached hydrogens (tertiary/aromatic N) is 1. The van der Waals surface area contributed by atoms with E-state index in [9.17, 15) is 0 Å². The third kappa shape index (κ3) is 5.09. The van der Waals surface area contributed by atoms with E-state index in [0.29, 0.717) is 5.92 Å². The summed E-state index contributed by atoms with van der Waals surface area (Å²) < 4.78 is 0. The van der Waals surface area contributed by atoms with Crippen LogP contribution in [0.2, 0.25) is 0 Å². The molecule has 13 heavy (non-hydrogen) atoms. The van der Waals surface area contributed by atoms with Gasteiger partial charge in [0, 0.05) is 6.54 Å². The van der Waals surface area contributed by atoms with Crippen LogP contribution in [0.4, 0.5) is 0 Å². The fourth-order valence-corrected chi connectivity index (χ4v) is 1.81. The van der Waals surface area contributed by atoms with Gasteiger partial charge >= 0.3 is 0 Å². The second kappa shape index (κ2) is 6.20. The lowest BCUT2D eigenvalue weighted by atomic mass is 10.1. The Bertz CT molecular complexity index is 143. The highest BCUT2D eigenvalue weighted by Crippen LogP contribution is 2.08. The first-order valence-corrected chi connectivity index (χ1v) is 5.68. The average molecular weight is 181 g/mol. The predicted octanol–water partition coefficient (Wildman–Crippen LogP) is 3.07. The average Bonchev–Trinajstić information content (AvgIpc) is 2.14. The molecule has 0 aliphatic carbocycles. The van der Waals surface area contributed by atoms with Crippen LogP contribution in [0.5, 0.6) is 0 Å². The van der Waals surface area contributed by atoms with Crippen LogP contribution in [0.25, 0.3) is 0 Å². The second-order valence-electron chi connectivity index (χ2n) is 4.36. The lowest BCUT2D eigenvalue weighted by Gasteiger charge is -2.25. The number of rotatable bonds is 4. The van der Waals surface area contributed by atoms with E-state index in [1.54, 1.807) is 0 Å². The zero-order valence-electron chi connectivity index (χ0n) is 9.13. The molecule has 0 amide bonds. The van der Waals surface area contributed by atoms with Gasteiger partial charge < -0.3 is 4.90 Å². The SMILES string of the molecule is CC(C)C=CCCN1CCCCC1. The summed E-state index contributed by atoms with van der Waals surface area (Å²) in [7, 11) is 0. The van der Waals surface area contributed by atoms with Gasteiger partial charge in [-0.3, -0.25) is 0 Å². The van der Waals surface area contributed by atoms with E-state index in [0.717, 1.165) is 0 Å². The maximum absolute atomic E-state index is 2.59.